The van der Waals surface area contributed by atoms with Gasteiger partial charge in [0.25, 0.3) is 5.91 Å². The topological polar surface area (TPSA) is 92.8 Å². The molecule has 7 heteroatoms. The van der Waals surface area contributed by atoms with Gasteiger partial charge in [0, 0.05) is 19.0 Å². The number of nitrogens with zero attached hydrogens (tertiary/aromatic N) is 1. The van der Waals surface area contributed by atoms with Crippen LogP contribution in [0.3, 0.4) is 0 Å². The third kappa shape index (κ3) is 3.55. The number of carbonyl (C=O) groups is 4. The lowest BCUT2D eigenvalue weighted by Crippen LogP contribution is -2.53. The summed E-state index contributed by atoms with van der Waals surface area (Å²) in [5, 5.41) is 2.23. The Morgan fingerprint density at radius 2 is 2.04 bits per heavy atom. The quantitative estimate of drug-likeness (QED) is 0.642. The molecule has 2 fully saturated rings. The average molecular weight is 344 g/mol. The van der Waals surface area contributed by atoms with Gasteiger partial charge in [-0.15, -0.1) is 0 Å². The fourth-order valence-electron chi connectivity index (χ4n) is 2.97. The maximum absolute atomic E-state index is 12.7. The molecule has 1 aliphatic carbocycles. The number of imide groups is 1. The predicted octanol–water partition coefficient (Wildman–Crippen LogP) is 1.31. The number of likely N-dealkylation sites (N-methyl/N-ethyl adjacent to an activating group) is 1. The number of hydrogen-bond donors (Lipinski definition) is 1. The molecule has 1 saturated carbocycles. The molecule has 1 atom stereocenters. The second kappa shape index (κ2) is 7.04. The van der Waals surface area contributed by atoms with Gasteiger partial charge in [0.05, 0.1) is 11.7 Å². The van der Waals surface area contributed by atoms with Gasteiger partial charge in [0.2, 0.25) is 11.8 Å². The number of piperidine rings is 1. The number of aldehydes is 1. The van der Waals surface area contributed by atoms with Crippen molar-refractivity contribution in [2.24, 2.45) is 0 Å². The molecule has 1 saturated heterocycles. The minimum Gasteiger partial charge on any atom is -0.490 e. The van der Waals surface area contributed by atoms with E-state index in [-0.39, 0.29) is 36.0 Å². The Bertz CT molecular complexity index is 726. The van der Waals surface area contributed by atoms with E-state index in [1.165, 1.54) is 11.9 Å². The highest BCUT2D eigenvalue weighted by Crippen LogP contribution is 2.27. The molecule has 1 heterocycles. The van der Waals surface area contributed by atoms with Crippen LogP contribution in [-0.2, 0) is 9.59 Å². The van der Waals surface area contributed by atoms with Gasteiger partial charge in [-0.25, -0.2) is 0 Å². The molecule has 7 nitrogen and oxygen atoms in total. The van der Waals surface area contributed by atoms with Crippen LogP contribution in [0.25, 0.3) is 0 Å². The van der Waals surface area contributed by atoms with E-state index < -0.39 is 17.9 Å². The maximum Gasteiger partial charge on any atom is 0.255 e. The van der Waals surface area contributed by atoms with E-state index in [2.05, 4.69) is 5.32 Å². The summed E-state index contributed by atoms with van der Waals surface area (Å²) in [4.78, 5) is 48.6. The summed E-state index contributed by atoms with van der Waals surface area (Å²) >= 11 is 0. The van der Waals surface area contributed by atoms with Crippen molar-refractivity contribution in [3.8, 4) is 5.75 Å². The Morgan fingerprint density at radius 3 is 2.64 bits per heavy atom. The molecule has 3 rings (SSSR count). The zero-order valence-corrected chi connectivity index (χ0v) is 14.0. The van der Waals surface area contributed by atoms with Crippen molar-refractivity contribution in [2.75, 3.05) is 7.05 Å². The molecule has 2 aliphatic rings. The molecule has 3 amide bonds. The van der Waals surface area contributed by atoms with Crippen molar-refractivity contribution < 1.29 is 23.9 Å². The summed E-state index contributed by atoms with van der Waals surface area (Å²) in [5.74, 6) is -0.711. The van der Waals surface area contributed by atoms with Crippen LogP contribution < -0.4 is 10.1 Å². The Balaban J connectivity index is 1.77. The van der Waals surface area contributed by atoms with Crippen molar-refractivity contribution in [2.45, 2.75) is 44.2 Å². The lowest BCUT2D eigenvalue weighted by atomic mass is 9.96. The molecular formula is C18H20N2O5. The molecule has 0 bridgehead atoms. The van der Waals surface area contributed by atoms with Crippen molar-refractivity contribution in [3.05, 3.63) is 29.3 Å². The molecule has 0 radical (unpaired) electrons. The van der Waals surface area contributed by atoms with Crippen molar-refractivity contribution >= 4 is 24.0 Å². The maximum atomic E-state index is 12.7. The van der Waals surface area contributed by atoms with Crippen molar-refractivity contribution in [3.63, 3.8) is 0 Å². The zero-order valence-electron chi connectivity index (χ0n) is 14.0. The molecule has 0 spiro atoms. The summed E-state index contributed by atoms with van der Waals surface area (Å²) < 4.78 is 5.75. The fourth-order valence-corrected chi connectivity index (χ4v) is 2.97. The average Bonchev–Trinajstić information content (AvgIpc) is 2.56. The lowest BCUT2D eigenvalue weighted by molar-refractivity contribution is -0.136. The first-order valence-electron chi connectivity index (χ1n) is 8.36. The van der Waals surface area contributed by atoms with Crippen LogP contribution in [0.4, 0.5) is 0 Å². The number of benzene rings is 1. The van der Waals surface area contributed by atoms with E-state index in [9.17, 15) is 19.2 Å². The smallest absolute Gasteiger partial charge is 0.255 e. The number of nitrogens with one attached hydrogen (secondary N) is 1. The molecule has 1 aromatic rings. The van der Waals surface area contributed by atoms with E-state index in [0.717, 1.165) is 19.3 Å². The second-order valence-electron chi connectivity index (χ2n) is 6.42. The van der Waals surface area contributed by atoms with Crippen LogP contribution in [0, 0.1) is 0 Å². The van der Waals surface area contributed by atoms with Crippen LogP contribution in [0.2, 0.25) is 0 Å². The molecular weight excluding hydrogens is 324 g/mol. The van der Waals surface area contributed by atoms with Gasteiger partial charge in [-0.2, -0.15) is 0 Å². The largest absolute Gasteiger partial charge is 0.490 e. The predicted molar refractivity (Wildman–Crippen MR) is 88.4 cm³/mol. The zero-order chi connectivity index (χ0) is 18.0. The van der Waals surface area contributed by atoms with Crippen LogP contribution >= 0.6 is 0 Å². The number of ether oxygens (including phenoxy) is 1. The first kappa shape index (κ1) is 17.1. The second-order valence-corrected chi connectivity index (χ2v) is 6.42. The van der Waals surface area contributed by atoms with Crippen LogP contribution in [0.1, 0.15) is 52.8 Å². The Labute approximate surface area is 145 Å². The number of rotatable bonds is 5. The molecule has 1 unspecified atom stereocenters. The SMILES string of the molecule is CN(C(=O)c1ccc(OC2CCC2)cc1C=O)C1CCC(=O)NC1=O. The lowest BCUT2D eigenvalue weighted by Gasteiger charge is -2.30. The molecule has 1 aromatic carbocycles. The molecule has 132 valence electrons. The fraction of sp³-hybridized carbons (Fsp3) is 0.444. The molecule has 1 N–H and O–H groups in total. The summed E-state index contributed by atoms with van der Waals surface area (Å²) in [5.41, 5.74) is 0.434. The van der Waals surface area contributed by atoms with Gasteiger partial charge < -0.3 is 9.64 Å². The van der Waals surface area contributed by atoms with Crippen LogP contribution in [-0.4, -0.2) is 48.1 Å². The highest BCUT2D eigenvalue weighted by molar-refractivity contribution is 6.06. The first-order valence-corrected chi connectivity index (χ1v) is 8.36. The van der Waals surface area contributed by atoms with E-state index in [0.29, 0.717) is 12.0 Å². The summed E-state index contributed by atoms with van der Waals surface area (Å²) in [7, 11) is 1.50. The first-order chi connectivity index (χ1) is 12.0. The van der Waals surface area contributed by atoms with Gasteiger partial charge in [0.15, 0.2) is 6.29 Å². The third-order valence-electron chi connectivity index (χ3n) is 4.73. The number of amides is 3. The molecule has 1 aliphatic heterocycles. The minimum absolute atomic E-state index is 0.173. The molecule has 25 heavy (non-hydrogen) atoms. The van der Waals surface area contributed by atoms with Gasteiger partial charge >= 0.3 is 0 Å². The van der Waals surface area contributed by atoms with Crippen LogP contribution in [0.15, 0.2) is 18.2 Å². The highest BCUT2D eigenvalue weighted by atomic mass is 16.5. The standard InChI is InChI=1S/C18H20N2O5/c1-20(15-7-8-16(22)19-17(15)23)18(24)14-6-5-13(9-11(14)10-21)25-12-3-2-4-12/h5-6,9-10,12,15H,2-4,7-8H2,1H3,(H,19,22,23). The molecule has 0 aromatic heterocycles. The van der Waals surface area contributed by atoms with Crippen molar-refractivity contribution in [1.82, 2.24) is 10.2 Å². The summed E-state index contributed by atoms with van der Waals surface area (Å²) in [6, 6.07) is 4.03. The summed E-state index contributed by atoms with van der Waals surface area (Å²) in [6.45, 7) is 0. The van der Waals surface area contributed by atoms with Crippen LogP contribution in [0.5, 0.6) is 5.75 Å². The number of hydrogen-bond acceptors (Lipinski definition) is 5. The Kier molecular flexibility index (Phi) is 4.83. The summed E-state index contributed by atoms with van der Waals surface area (Å²) in [6.07, 6.45) is 4.37. The monoisotopic (exact) mass is 344 g/mol. The van der Waals surface area contributed by atoms with Gasteiger partial charge in [0.1, 0.15) is 11.8 Å². The van der Waals surface area contributed by atoms with Gasteiger partial charge in [-0.1, -0.05) is 0 Å². The van der Waals surface area contributed by atoms with Crippen molar-refractivity contribution in [1.29, 1.82) is 0 Å². The van der Waals surface area contributed by atoms with E-state index >= 15 is 0 Å². The van der Waals surface area contributed by atoms with Gasteiger partial charge in [-0.3, -0.25) is 24.5 Å². The van der Waals surface area contributed by atoms with Gasteiger partial charge in [-0.05, 0) is 43.9 Å². The Hall–Kier alpha value is -2.70. The third-order valence-corrected chi connectivity index (χ3v) is 4.73. The number of carbonyl (C=O) groups excluding carboxylic acids is 4. The highest BCUT2D eigenvalue weighted by Gasteiger charge is 2.33. The Morgan fingerprint density at radius 1 is 1.28 bits per heavy atom. The van der Waals surface area contributed by atoms with E-state index in [1.54, 1.807) is 18.2 Å². The minimum atomic E-state index is -0.726. The van der Waals surface area contributed by atoms with E-state index in [4.69, 9.17) is 4.74 Å². The van der Waals surface area contributed by atoms with E-state index in [1.807, 2.05) is 0 Å². The normalized spacial score (nSPS) is 20.4.